The number of carboxylic acids is 1. The Hall–Kier alpha value is -5.30. The molecule has 0 spiro atoms. The smallest absolute Gasteiger partial charge is 0.326 e. The van der Waals surface area contributed by atoms with E-state index in [1.54, 1.807) is 26.0 Å². The van der Waals surface area contributed by atoms with Crippen LogP contribution in [0.5, 0.6) is 5.75 Å². The fourth-order valence-corrected chi connectivity index (χ4v) is 8.43. The second kappa shape index (κ2) is 23.2. The number of aromatic hydroxyl groups is 1. The average molecular weight is 870 g/mol. The summed E-state index contributed by atoms with van der Waals surface area (Å²) < 4.78 is 0. The molecule has 0 aromatic heterocycles. The van der Waals surface area contributed by atoms with E-state index in [0.29, 0.717) is 76.4 Å². The molecule has 19 heteroatoms. The van der Waals surface area contributed by atoms with Crippen molar-refractivity contribution >= 4 is 47.3 Å². The van der Waals surface area contributed by atoms with Gasteiger partial charge in [0, 0.05) is 26.1 Å². The van der Waals surface area contributed by atoms with E-state index in [4.69, 9.17) is 11.5 Å². The number of rotatable bonds is 21. The van der Waals surface area contributed by atoms with E-state index in [9.17, 15) is 48.6 Å². The number of phenolic OH excluding ortho intramolecular Hbond substituents is 1. The van der Waals surface area contributed by atoms with Gasteiger partial charge in [-0.15, -0.1) is 0 Å². The van der Waals surface area contributed by atoms with Gasteiger partial charge in [-0.25, -0.2) is 4.79 Å². The summed E-state index contributed by atoms with van der Waals surface area (Å²) in [4.78, 5) is 111. The van der Waals surface area contributed by atoms with E-state index in [2.05, 4.69) is 21.3 Å². The zero-order valence-electron chi connectivity index (χ0n) is 36.5. The van der Waals surface area contributed by atoms with Crippen molar-refractivity contribution in [2.75, 3.05) is 32.7 Å². The van der Waals surface area contributed by atoms with Crippen LogP contribution in [-0.2, 0) is 44.8 Å². The third-order valence-electron chi connectivity index (χ3n) is 11.8. The lowest BCUT2D eigenvalue weighted by Crippen LogP contribution is -2.59. The highest BCUT2D eigenvalue weighted by atomic mass is 16.4. The lowest BCUT2D eigenvalue weighted by Gasteiger charge is -2.34. The molecular weight excluding hydrogens is 803 g/mol. The number of amides is 7. The Morgan fingerprint density at radius 2 is 1.32 bits per heavy atom. The molecule has 10 N–H and O–H groups in total. The van der Waals surface area contributed by atoms with Gasteiger partial charge >= 0.3 is 5.97 Å². The summed E-state index contributed by atoms with van der Waals surface area (Å²) in [7, 11) is 0. The number of nitrogens with zero attached hydrogens (tertiary/aromatic N) is 3. The fourth-order valence-electron chi connectivity index (χ4n) is 8.43. The van der Waals surface area contributed by atoms with Gasteiger partial charge in [0.05, 0.1) is 12.6 Å². The van der Waals surface area contributed by atoms with E-state index < -0.39 is 90.3 Å². The Morgan fingerprint density at radius 3 is 1.92 bits per heavy atom. The number of nitrogens with two attached hydrogens (primary N) is 2. The predicted molar refractivity (Wildman–Crippen MR) is 228 cm³/mol. The van der Waals surface area contributed by atoms with E-state index in [1.807, 2.05) is 13.8 Å². The van der Waals surface area contributed by atoms with E-state index in [-0.39, 0.29) is 43.0 Å². The number of likely N-dealkylation sites (tertiary alicyclic amines) is 3. The van der Waals surface area contributed by atoms with Crippen molar-refractivity contribution in [2.45, 2.75) is 141 Å². The Labute approximate surface area is 363 Å². The van der Waals surface area contributed by atoms with Crippen LogP contribution in [0, 0.1) is 11.8 Å². The minimum Gasteiger partial charge on any atom is -0.508 e. The van der Waals surface area contributed by atoms with Gasteiger partial charge in [-0.3, -0.25) is 33.6 Å². The Kier molecular flexibility index (Phi) is 18.5. The number of carbonyl (C=O) groups excluding carboxylic acids is 7. The SMILES string of the molecule is CC(C)C[C@H](NC(=O)[C@@H](N)CCCCN)C(=O)N1CCC[C@H]1C(=O)N1CCC[C@H]1C(=O)N[C@H](C(=O)NCC(=O)N1CCC[C@H]1C(=O)N[C@@H](Cc1ccc(O)cc1)C(=O)O)C(C)C. The molecular formula is C43H67N9O10. The van der Waals surface area contributed by atoms with Crippen LogP contribution < -0.4 is 32.7 Å². The van der Waals surface area contributed by atoms with Crippen LogP contribution in [0.15, 0.2) is 24.3 Å². The molecule has 1 aromatic carbocycles. The first-order valence-corrected chi connectivity index (χ1v) is 22.0. The second-order valence-corrected chi connectivity index (χ2v) is 17.4. The minimum absolute atomic E-state index is 0.0149. The lowest BCUT2D eigenvalue weighted by molar-refractivity contribution is -0.148. The van der Waals surface area contributed by atoms with Crippen molar-refractivity contribution < 1.29 is 48.6 Å². The maximum atomic E-state index is 14.2. The zero-order chi connectivity index (χ0) is 45.7. The van der Waals surface area contributed by atoms with Gasteiger partial charge in [0.25, 0.3) is 0 Å². The van der Waals surface area contributed by atoms with Gasteiger partial charge in [-0.2, -0.15) is 0 Å². The quantitative estimate of drug-likeness (QED) is 0.0741. The first-order valence-electron chi connectivity index (χ1n) is 22.0. The van der Waals surface area contributed by atoms with Crippen LogP contribution in [0.1, 0.15) is 97.5 Å². The highest BCUT2D eigenvalue weighted by Gasteiger charge is 2.44. The standard InChI is InChI=1S/C43H67N9O10/c1-25(2)22-30(47-37(55)29(45)10-5-6-18-44)41(59)52-21-9-13-34(52)42(60)51-20-8-12-33(51)39(57)49-36(26(3)4)40(58)46-24-35(54)50-19-7-11-32(50)38(56)48-31(43(61)62)23-27-14-16-28(53)17-15-27/h14-17,25-26,29-34,36,53H,5-13,18-24,44-45H2,1-4H3,(H,46,58)(H,47,55)(H,48,56)(H,49,57)(H,61,62)/t29-,30-,31-,32-,33-,34-,36-/m0/s1. The molecule has 3 heterocycles. The maximum absolute atomic E-state index is 14.2. The molecule has 0 radical (unpaired) electrons. The molecule has 0 saturated carbocycles. The molecule has 1 aromatic rings. The van der Waals surface area contributed by atoms with Gasteiger partial charge < -0.3 is 57.6 Å². The number of aliphatic carboxylic acids is 1. The molecule has 4 rings (SSSR count). The summed E-state index contributed by atoms with van der Waals surface area (Å²) in [6, 6.07) is -0.803. The topological polar surface area (TPSA) is 287 Å². The lowest BCUT2D eigenvalue weighted by atomic mass is 10.0. The molecule has 62 heavy (non-hydrogen) atoms. The summed E-state index contributed by atoms with van der Waals surface area (Å²) in [6.45, 7) is 8.14. The Bertz CT molecular complexity index is 1760. The van der Waals surface area contributed by atoms with Crippen molar-refractivity contribution in [3.63, 3.8) is 0 Å². The van der Waals surface area contributed by atoms with Gasteiger partial charge in [0.2, 0.25) is 41.4 Å². The molecule has 0 unspecified atom stereocenters. The maximum Gasteiger partial charge on any atom is 0.326 e. The van der Waals surface area contributed by atoms with Crippen LogP contribution in [-0.4, -0.2) is 147 Å². The molecule has 0 aliphatic carbocycles. The second-order valence-electron chi connectivity index (χ2n) is 17.4. The molecule has 3 saturated heterocycles. The van der Waals surface area contributed by atoms with Crippen molar-refractivity contribution in [3.05, 3.63) is 29.8 Å². The molecule has 344 valence electrons. The number of carbonyl (C=O) groups is 8. The first-order chi connectivity index (χ1) is 29.4. The monoisotopic (exact) mass is 870 g/mol. The predicted octanol–water partition coefficient (Wildman–Crippen LogP) is -0.279. The summed E-state index contributed by atoms with van der Waals surface area (Å²) in [6.07, 6.45) is 4.74. The summed E-state index contributed by atoms with van der Waals surface area (Å²) in [5.41, 5.74) is 12.3. The highest BCUT2D eigenvalue weighted by Crippen LogP contribution is 2.27. The molecule has 3 aliphatic rings. The fraction of sp³-hybridized carbons (Fsp3) is 0.674. The van der Waals surface area contributed by atoms with Crippen LogP contribution in [0.3, 0.4) is 0 Å². The van der Waals surface area contributed by atoms with Gasteiger partial charge in [0.15, 0.2) is 0 Å². The number of benzene rings is 1. The number of carboxylic acid groups (broad SMARTS) is 1. The molecule has 3 aliphatic heterocycles. The van der Waals surface area contributed by atoms with Crippen LogP contribution in [0.2, 0.25) is 0 Å². The molecule has 0 bridgehead atoms. The molecule has 19 nitrogen and oxygen atoms in total. The van der Waals surface area contributed by atoms with Crippen molar-refractivity contribution in [3.8, 4) is 5.75 Å². The minimum atomic E-state index is -1.28. The molecule has 7 amide bonds. The summed E-state index contributed by atoms with van der Waals surface area (Å²) >= 11 is 0. The average Bonchev–Trinajstić information content (AvgIpc) is 4.03. The third kappa shape index (κ3) is 13.3. The number of hydrogen-bond donors (Lipinski definition) is 8. The zero-order valence-corrected chi connectivity index (χ0v) is 36.5. The van der Waals surface area contributed by atoms with Crippen LogP contribution in [0.4, 0.5) is 0 Å². The summed E-state index contributed by atoms with van der Waals surface area (Å²) in [5.74, 6) is -5.19. The van der Waals surface area contributed by atoms with E-state index >= 15 is 0 Å². The number of phenols is 1. The Morgan fingerprint density at radius 1 is 0.742 bits per heavy atom. The van der Waals surface area contributed by atoms with Crippen LogP contribution >= 0.6 is 0 Å². The largest absolute Gasteiger partial charge is 0.508 e. The summed E-state index contributed by atoms with van der Waals surface area (Å²) in [5, 5.41) is 30.0. The van der Waals surface area contributed by atoms with Crippen LogP contribution in [0.25, 0.3) is 0 Å². The normalized spacial score (nSPS) is 20.7. The van der Waals surface area contributed by atoms with Crippen molar-refractivity contribution in [2.24, 2.45) is 23.3 Å². The van der Waals surface area contributed by atoms with Crippen molar-refractivity contribution in [1.29, 1.82) is 0 Å². The Balaban J connectivity index is 1.35. The third-order valence-corrected chi connectivity index (χ3v) is 11.8. The van der Waals surface area contributed by atoms with Crippen molar-refractivity contribution in [1.82, 2.24) is 36.0 Å². The van der Waals surface area contributed by atoms with Gasteiger partial charge in [-0.05, 0) is 93.9 Å². The molecule has 7 atom stereocenters. The van der Waals surface area contributed by atoms with Gasteiger partial charge in [-0.1, -0.05) is 46.2 Å². The number of unbranched alkanes of at least 4 members (excludes halogenated alkanes) is 1. The molecule has 3 fully saturated rings. The van der Waals surface area contributed by atoms with Gasteiger partial charge in [0.1, 0.15) is 42.0 Å². The highest BCUT2D eigenvalue weighted by molar-refractivity contribution is 5.97. The number of hydrogen-bond acceptors (Lipinski definition) is 11. The first kappa shape index (κ1) is 49.4. The number of nitrogens with one attached hydrogen (secondary N) is 4. The van der Waals surface area contributed by atoms with E-state index in [0.717, 1.165) is 6.42 Å². The van der Waals surface area contributed by atoms with E-state index in [1.165, 1.54) is 26.8 Å².